The summed E-state index contributed by atoms with van der Waals surface area (Å²) in [6.07, 6.45) is 7.83. The number of hydrogen-bond acceptors (Lipinski definition) is 3. The van der Waals surface area contributed by atoms with Crippen LogP contribution in [-0.4, -0.2) is 35.4 Å². The third kappa shape index (κ3) is 4.94. The van der Waals surface area contributed by atoms with Crippen LogP contribution in [0.3, 0.4) is 0 Å². The molecule has 4 heteroatoms. The zero-order valence-corrected chi connectivity index (χ0v) is 9.82. The molecule has 4 nitrogen and oxygen atoms in total. The highest BCUT2D eigenvalue weighted by Gasteiger charge is 2.17. The van der Waals surface area contributed by atoms with Gasteiger partial charge in [0.15, 0.2) is 0 Å². The predicted molar refractivity (Wildman–Crippen MR) is 61.9 cm³/mol. The number of aliphatic hydroxyl groups is 2. The molecule has 3 N–H and O–H groups in total. The van der Waals surface area contributed by atoms with Crippen LogP contribution in [0, 0.1) is 5.92 Å². The maximum atomic E-state index is 11.6. The first-order chi connectivity index (χ1) is 7.76. The first kappa shape index (κ1) is 13.5. The summed E-state index contributed by atoms with van der Waals surface area (Å²) in [6, 6.07) is -0.502. The lowest BCUT2D eigenvalue weighted by molar-refractivity contribution is -0.123. The normalized spacial score (nSPS) is 18.4. The van der Waals surface area contributed by atoms with Crippen LogP contribution in [0.2, 0.25) is 0 Å². The van der Waals surface area contributed by atoms with E-state index < -0.39 is 6.04 Å². The third-order valence-electron chi connectivity index (χ3n) is 3.25. The van der Waals surface area contributed by atoms with Gasteiger partial charge < -0.3 is 15.5 Å². The van der Waals surface area contributed by atoms with Crippen LogP contribution < -0.4 is 5.32 Å². The Morgan fingerprint density at radius 3 is 2.19 bits per heavy atom. The van der Waals surface area contributed by atoms with E-state index in [0.717, 1.165) is 12.8 Å². The van der Waals surface area contributed by atoms with Crippen molar-refractivity contribution in [2.45, 2.75) is 51.0 Å². The molecule has 94 valence electrons. The molecule has 0 aromatic rings. The second-order valence-corrected chi connectivity index (χ2v) is 4.69. The van der Waals surface area contributed by atoms with E-state index in [1.807, 2.05) is 0 Å². The van der Waals surface area contributed by atoms with E-state index in [4.69, 9.17) is 10.2 Å². The van der Waals surface area contributed by atoms with Gasteiger partial charge in [-0.05, 0) is 18.8 Å². The molecule has 0 unspecified atom stereocenters. The highest BCUT2D eigenvalue weighted by atomic mass is 16.3. The van der Waals surface area contributed by atoms with Crippen molar-refractivity contribution >= 4 is 5.91 Å². The Hall–Kier alpha value is -0.610. The molecule has 0 atom stereocenters. The van der Waals surface area contributed by atoms with E-state index >= 15 is 0 Å². The average Bonchev–Trinajstić information content (AvgIpc) is 2.54. The van der Waals surface area contributed by atoms with Crippen molar-refractivity contribution in [2.75, 3.05) is 13.2 Å². The number of carbonyl (C=O) groups excluding carboxylic acids is 1. The number of nitrogens with one attached hydrogen (secondary N) is 1. The topological polar surface area (TPSA) is 69.6 Å². The molecular weight excluding hydrogens is 206 g/mol. The zero-order valence-electron chi connectivity index (χ0n) is 9.82. The van der Waals surface area contributed by atoms with Gasteiger partial charge in [-0.3, -0.25) is 4.79 Å². The molecule has 16 heavy (non-hydrogen) atoms. The molecule has 0 aromatic heterocycles. The third-order valence-corrected chi connectivity index (χ3v) is 3.25. The van der Waals surface area contributed by atoms with Crippen LogP contribution in [0.4, 0.5) is 0 Å². The van der Waals surface area contributed by atoms with Gasteiger partial charge in [-0.2, -0.15) is 0 Å². The van der Waals surface area contributed by atoms with Crippen molar-refractivity contribution in [3.05, 3.63) is 0 Å². The summed E-state index contributed by atoms with van der Waals surface area (Å²) in [6.45, 7) is -0.403. The van der Waals surface area contributed by atoms with Crippen LogP contribution in [0.25, 0.3) is 0 Å². The van der Waals surface area contributed by atoms with Crippen molar-refractivity contribution in [3.63, 3.8) is 0 Å². The minimum absolute atomic E-state index is 0.0417. The van der Waals surface area contributed by atoms with Crippen molar-refractivity contribution < 1.29 is 15.0 Å². The first-order valence-electron chi connectivity index (χ1n) is 6.27. The average molecular weight is 229 g/mol. The van der Waals surface area contributed by atoms with Gasteiger partial charge in [0.05, 0.1) is 19.3 Å². The van der Waals surface area contributed by atoms with Crippen LogP contribution in [0.15, 0.2) is 0 Å². The fourth-order valence-electron chi connectivity index (χ4n) is 2.27. The van der Waals surface area contributed by atoms with E-state index in [-0.39, 0.29) is 19.1 Å². The Labute approximate surface area is 97.0 Å². The van der Waals surface area contributed by atoms with Gasteiger partial charge in [0.1, 0.15) is 0 Å². The van der Waals surface area contributed by atoms with E-state index in [0.29, 0.717) is 12.3 Å². The molecule has 0 aromatic carbocycles. The van der Waals surface area contributed by atoms with Gasteiger partial charge in [-0.15, -0.1) is 0 Å². The zero-order chi connectivity index (χ0) is 11.8. The Morgan fingerprint density at radius 1 is 1.12 bits per heavy atom. The van der Waals surface area contributed by atoms with Gasteiger partial charge in [0.2, 0.25) is 5.91 Å². The Kier molecular flexibility index (Phi) is 6.42. The quantitative estimate of drug-likeness (QED) is 0.611. The number of carbonyl (C=O) groups is 1. The fourth-order valence-corrected chi connectivity index (χ4v) is 2.27. The highest BCUT2D eigenvalue weighted by Crippen LogP contribution is 2.25. The van der Waals surface area contributed by atoms with Crippen molar-refractivity contribution in [2.24, 2.45) is 5.92 Å². The minimum atomic E-state index is -0.502. The smallest absolute Gasteiger partial charge is 0.220 e. The lowest BCUT2D eigenvalue weighted by Crippen LogP contribution is -2.40. The first-order valence-corrected chi connectivity index (χ1v) is 6.27. The van der Waals surface area contributed by atoms with Gasteiger partial charge in [0, 0.05) is 6.42 Å². The Bertz CT molecular complexity index is 196. The lowest BCUT2D eigenvalue weighted by Gasteiger charge is -2.17. The summed E-state index contributed by atoms with van der Waals surface area (Å²) in [7, 11) is 0. The van der Waals surface area contributed by atoms with E-state index in [2.05, 4.69) is 5.32 Å². The summed E-state index contributed by atoms with van der Waals surface area (Å²) in [5.74, 6) is 0.445. The van der Waals surface area contributed by atoms with Crippen LogP contribution in [-0.2, 0) is 4.79 Å². The highest BCUT2D eigenvalue weighted by molar-refractivity contribution is 5.76. The Morgan fingerprint density at radius 2 is 1.69 bits per heavy atom. The molecule has 1 rings (SSSR count). The van der Waals surface area contributed by atoms with Gasteiger partial charge in [-0.25, -0.2) is 0 Å². The fraction of sp³-hybridized carbons (Fsp3) is 0.917. The maximum absolute atomic E-state index is 11.6. The molecule has 0 bridgehead atoms. The lowest BCUT2D eigenvalue weighted by atomic mass is 9.96. The molecule has 0 spiro atoms. The van der Waals surface area contributed by atoms with Crippen LogP contribution in [0.5, 0.6) is 0 Å². The van der Waals surface area contributed by atoms with Crippen LogP contribution >= 0.6 is 0 Å². The Balaban J connectivity index is 2.26. The molecule has 0 saturated heterocycles. The molecule has 0 aliphatic heterocycles. The molecular formula is C12H23NO3. The second kappa shape index (κ2) is 7.63. The molecule has 1 saturated carbocycles. The summed E-state index contributed by atoms with van der Waals surface area (Å²) in [5, 5.41) is 20.3. The number of amides is 1. The van der Waals surface area contributed by atoms with Crippen LogP contribution in [0.1, 0.15) is 44.9 Å². The summed E-state index contributed by atoms with van der Waals surface area (Å²) < 4.78 is 0. The van der Waals surface area contributed by atoms with Gasteiger partial charge >= 0.3 is 0 Å². The minimum Gasteiger partial charge on any atom is -0.394 e. The predicted octanol–water partition coefficient (Wildman–Crippen LogP) is 0.816. The summed E-state index contributed by atoms with van der Waals surface area (Å²) in [4.78, 5) is 11.6. The molecule has 1 fully saturated rings. The van der Waals surface area contributed by atoms with Crippen molar-refractivity contribution in [3.8, 4) is 0 Å². The molecule has 1 aliphatic carbocycles. The van der Waals surface area contributed by atoms with Crippen molar-refractivity contribution in [1.29, 1.82) is 0 Å². The monoisotopic (exact) mass is 229 g/mol. The van der Waals surface area contributed by atoms with Crippen molar-refractivity contribution in [1.82, 2.24) is 5.32 Å². The number of hydrogen-bond donors (Lipinski definition) is 3. The van der Waals surface area contributed by atoms with Gasteiger partial charge in [-0.1, -0.05) is 25.7 Å². The standard InChI is InChI=1S/C12H23NO3/c14-8-11(9-15)13-12(16)7-10-5-3-1-2-4-6-10/h10-11,14-15H,1-9H2,(H,13,16). The molecule has 1 aliphatic rings. The number of rotatable bonds is 5. The van der Waals surface area contributed by atoms with E-state index in [9.17, 15) is 4.79 Å². The second-order valence-electron chi connectivity index (χ2n) is 4.69. The van der Waals surface area contributed by atoms with E-state index in [1.165, 1.54) is 25.7 Å². The molecule has 0 heterocycles. The number of aliphatic hydroxyl groups excluding tert-OH is 2. The largest absolute Gasteiger partial charge is 0.394 e. The molecule has 1 amide bonds. The summed E-state index contributed by atoms with van der Waals surface area (Å²) >= 11 is 0. The van der Waals surface area contributed by atoms with E-state index in [1.54, 1.807) is 0 Å². The molecule has 0 radical (unpaired) electrons. The SMILES string of the molecule is O=C(CC1CCCCCC1)NC(CO)CO. The summed E-state index contributed by atoms with van der Waals surface area (Å²) in [5.41, 5.74) is 0. The maximum Gasteiger partial charge on any atom is 0.220 e. The van der Waals surface area contributed by atoms with Gasteiger partial charge in [0.25, 0.3) is 0 Å².